The summed E-state index contributed by atoms with van der Waals surface area (Å²) in [5, 5.41) is 2.87. The molecule has 1 aliphatic rings. The molecule has 0 bridgehead atoms. The highest BCUT2D eigenvalue weighted by Crippen LogP contribution is 2.28. The number of rotatable bonds is 3. The van der Waals surface area contributed by atoms with Gasteiger partial charge in [-0.25, -0.2) is 0 Å². The first-order valence-corrected chi connectivity index (χ1v) is 5.91. The van der Waals surface area contributed by atoms with E-state index in [1.807, 2.05) is 60.7 Å². The molecule has 1 amide bonds. The standard InChI is InChI=1S/C15H13NO2/c17-15-14(18-12-9-5-2-6-10-12)13(16-15)11-7-3-1-4-8-11/h1-10,13-14H,(H,16,17)/t13-,14+/m0/s1. The smallest absolute Gasteiger partial charge is 0.264 e. The topological polar surface area (TPSA) is 38.3 Å². The van der Waals surface area contributed by atoms with E-state index in [-0.39, 0.29) is 11.9 Å². The van der Waals surface area contributed by atoms with Crippen LogP contribution in [0.25, 0.3) is 0 Å². The van der Waals surface area contributed by atoms with Crippen LogP contribution in [-0.2, 0) is 4.79 Å². The van der Waals surface area contributed by atoms with E-state index in [2.05, 4.69) is 5.32 Å². The zero-order chi connectivity index (χ0) is 12.4. The van der Waals surface area contributed by atoms with E-state index < -0.39 is 6.10 Å². The first-order chi connectivity index (χ1) is 8.84. The lowest BCUT2D eigenvalue weighted by Gasteiger charge is -2.36. The summed E-state index contributed by atoms with van der Waals surface area (Å²) in [5.41, 5.74) is 1.07. The molecule has 0 radical (unpaired) electrons. The van der Waals surface area contributed by atoms with Gasteiger partial charge in [-0.2, -0.15) is 0 Å². The second kappa shape index (κ2) is 4.53. The van der Waals surface area contributed by atoms with Crippen molar-refractivity contribution in [3.8, 4) is 5.75 Å². The maximum absolute atomic E-state index is 11.6. The summed E-state index contributed by atoms with van der Waals surface area (Å²) in [6, 6.07) is 19.2. The summed E-state index contributed by atoms with van der Waals surface area (Å²) < 4.78 is 5.72. The number of carbonyl (C=O) groups is 1. The fourth-order valence-electron chi connectivity index (χ4n) is 2.05. The van der Waals surface area contributed by atoms with Crippen LogP contribution in [0.2, 0.25) is 0 Å². The molecule has 1 aliphatic heterocycles. The van der Waals surface area contributed by atoms with Gasteiger partial charge in [0, 0.05) is 0 Å². The van der Waals surface area contributed by atoms with Crippen molar-refractivity contribution in [3.05, 3.63) is 66.2 Å². The minimum atomic E-state index is -0.435. The quantitative estimate of drug-likeness (QED) is 0.835. The van der Waals surface area contributed by atoms with Crippen molar-refractivity contribution >= 4 is 5.91 Å². The predicted molar refractivity (Wildman–Crippen MR) is 68.2 cm³/mol. The molecule has 0 spiro atoms. The molecule has 0 aromatic heterocycles. The number of amides is 1. The molecule has 1 saturated heterocycles. The lowest BCUT2D eigenvalue weighted by atomic mass is 9.94. The van der Waals surface area contributed by atoms with Gasteiger partial charge in [0.1, 0.15) is 11.8 Å². The first-order valence-electron chi connectivity index (χ1n) is 5.91. The van der Waals surface area contributed by atoms with E-state index in [1.54, 1.807) is 0 Å². The monoisotopic (exact) mass is 239 g/mol. The Morgan fingerprint density at radius 3 is 2.11 bits per heavy atom. The van der Waals surface area contributed by atoms with Crippen molar-refractivity contribution in [2.24, 2.45) is 0 Å². The van der Waals surface area contributed by atoms with Crippen LogP contribution in [0.4, 0.5) is 0 Å². The number of benzene rings is 2. The van der Waals surface area contributed by atoms with E-state index in [9.17, 15) is 4.79 Å². The third-order valence-electron chi connectivity index (χ3n) is 3.02. The molecule has 90 valence electrons. The largest absolute Gasteiger partial charge is 0.478 e. The number of hydrogen-bond acceptors (Lipinski definition) is 2. The van der Waals surface area contributed by atoms with Gasteiger partial charge >= 0.3 is 0 Å². The molecule has 1 fully saturated rings. The second-order valence-corrected chi connectivity index (χ2v) is 4.25. The van der Waals surface area contributed by atoms with Gasteiger partial charge in [0.15, 0.2) is 0 Å². The Morgan fingerprint density at radius 1 is 0.889 bits per heavy atom. The summed E-state index contributed by atoms with van der Waals surface area (Å²) in [7, 11) is 0. The van der Waals surface area contributed by atoms with E-state index in [4.69, 9.17) is 4.74 Å². The van der Waals surface area contributed by atoms with Crippen LogP contribution in [0.3, 0.4) is 0 Å². The van der Waals surface area contributed by atoms with E-state index >= 15 is 0 Å². The third kappa shape index (κ3) is 1.95. The molecule has 1 N–H and O–H groups in total. The highest BCUT2D eigenvalue weighted by atomic mass is 16.5. The third-order valence-corrected chi connectivity index (χ3v) is 3.02. The van der Waals surface area contributed by atoms with Gasteiger partial charge in [-0.3, -0.25) is 4.79 Å². The van der Waals surface area contributed by atoms with Gasteiger partial charge in [0.2, 0.25) is 6.10 Å². The van der Waals surface area contributed by atoms with Crippen LogP contribution in [0.15, 0.2) is 60.7 Å². The van der Waals surface area contributed by atoms with Crippen LogP contribution in [-0.4, -0.2) is 12.0 Å². The Labute approximate surface area is 105 Å². The second-order valence-electron chi connectivity index (χ2n) is 4.25. The Kier molecular flexibility index (Phi) is 2.73. The molecule has 1 heterocycles. The summed E-state index contributed by atoms with van der Waals surface area (Å²) in [4.78, 5) is 11.6. The Morgan fingerprint density at radius 2 is 1.50 bits per heavy atom. The van der Waals surface area contributed by atoms with Gasteiger partial charge < -0.3 is 10.1 Å². The van der Waals surface area contributed by atoms with E-state index in [0.717, 1.165) is 11.3 Å². The van der Waals surface area contributed by atoms with Crippen LogP contribution in [0, 0.1) is 0 Å². The number of β-lactam (4-membered cyclic amide) rings is 1. The van der Waals surface area contributed by atoms with Gasteiger partial charge in [-0.1, -0.05) is 48.5 Å². The average Bonchev–Trinajstić information content (AvgIpc) is 2.44. The molecule has 0 saturated carbocycles. The average molecular weight is 239 g/mol. The maximum atomic E-state index is 11.6. The minimum Gasteiger partial charge on any atom is -0.478 e. The van der Waals surface area contributed by atoms with E-state index in [0.29, 0.717) is 0 Å². The molecular formula is C15H13NO2. The van der Waals surface area contributed by atoms with Gasteiger partial charge in [0.25, 0.3) is 5.91 Å². The lowest BCUT2D eigenvalue weighted by molar-refractivity contribution is -0.140. The van der Waals surface area contributed by atoms with Gasteiger partial charge in [-0.15, -0.1) is 0 Å². The van der Waals surface area contributed by atoms with Crippen molar-refractivity contribution in [2.45, 2.75) is 12.1 Å². The molecule has 18 heavy (non-hydrogen) atoms. The van der Waals surface area contributed by atoms with Crippen LogP contribution in [0.5, 0.6) is 5.75 Å². The first kappa shape index (κ1) is 10.8. The van der Waals surface area contributed by atoms with Crippen molar-refractivity contribution in [2.75, 3.05) is 0 Å². The molecule has 0 unspecified atom stereocenters. The predicted octanol–water partition coefficient (Wildman–Crippen LogP) is 2.31. The van der Waals surface area contributed by atoms with Crippen LogP contribution >= 0.6 is 0 Å². The van der Waals surface area contributed by atoms with Crippen molar-refractivity contribution in [1.82, 2.24) is 5.32 Å². The molecule has 0 aliphatic carbocycles. The van der Waals surface area contributed by atoms with E-state index in [1.165, 1.54) is 0 Å². The molecule has 3 heteroatoms. The summed E-state index contributed by atoms with van der Waals surface area (Å²) in [6.07, 6.45) is -0.435. The lowest BCUT2D eigenvalue weighted by Crippen LogP contribution is -2.58. The fraction of sp³-hybridized carbons (Fsp3) is 0.133. The number of nitrogens with one attached hydrogen (secondary N) is 1. The highest BCUT2D eigenvalue weighted by molar-refractivity contribution is 5.89. The Balaban J connectivity index is 1.77. The minimum absolute atomic E-state index is 0.0566. The summed E-state index contributed by atoms with van der Waals surface area (Å²) >= 11 is 0. The van der Waals surface area contributed by atoms with Crippen LogP contribution in [0.1, 0.15) is 11.6 Å². The van der Waals surface area contributed by atoms with Crippen molar-refractivity contribution < 1.29 is 9.53 Å². The number of carbonyl (C=O) groups excluding carboxylic acids is 1. The van der Waals surface area contributed by atoms with Crippen molar-refractivity contribution in [1.29, 1.82) is 0 Å². The number of ether oxygens (including phenoxy) is 1. The Bertz CT molecular complexity index is 539. The van der Waals surface area contributed by atoms with Gasteiger partial charge in [-0.05, 0) is 17.7 Å². The normalized spacial score (nSPS) is 21.9. The zero-order valence-corrected chi connectivity index (χ0v) is 9.74. The highest BCUT2D eigenvalue weighted by Gasteiger charge is 2.42. The Hall–Kier alpha value is -2.29. The number of para-hydroxylation sites is 1. The molecule has 3 rings (SSSR count). The fourth-order valence-corrected chi connectivity index (χ4v) is 2.05. The molecular weight excluding hydrogens is 226 g/mol. The van der Waals surface area contributed by atoms with Crippen molar-refractivity contribution in [3.63, 3.8) is 0 Å². The molecule has 2 atom stereocenters. The molecule has 3 nitrogen and oxygen atoms in total. The maximum Gasteiger partial charge on any atom is 0.264 e. The zero-order valence-electron chi connectivity index (χ0n) is 9.74. The SMILES string of the molecule is O=C1N[C@@H](c2ccccc2)[C@H]1Oc1ccccc1. The summed E-state index contributed by atoms with van der Waals surface area (Å²) in [6.45, 7) is 0. The van der Waals surface area contributed by atoms with Gasteiger partial charge in [0.05, 0.1) is 0 Å². The number of hydrogen-bond donors (Lipinski definition) is 1. The van der Waals surface area contributed by atoms with Crippen LogP contribution < -0.4 is 10.1 Å². The molecule has 2 aromatic carbocycles. The summed E-state index contributed by atoms with van der Waals surface area (Å²) in [5.74, 6) is 0.658. The molecule has 2 aromatic rings.